The molecule has 0 rings (SSSR count). The van der Waals surface area contributed by atoms with E-state index in [2.05, 4.69) is 0 Å². The summed E-state index contributed by atoms with van der Waals surface area (Å²) < 4.78 is 0. The van der Waals surface area contributed by atoms with Gasteiger partial charge < -0.3 is 0 Å². The van der Waals surface area contributed by atoms with Gasteiger partial charge in [0.1, 0.15) is 0 Å². The molecule has 0 aliphatic rings. The fourth-order valence-electron chi connectivity index (χ4n) is 0. The van der Waals surface area contributed by atoms with Gasteiger partial charge in [-0.3, -0.25) is 0 Å². The van der Waals surface area contributed by atoms with Crippen LogP contribution in [0.25, 0.3) is 0 Å². The summed E-state index contributed by atoms with van der Waals surface area (Å²) in [6.45, 7) is 0. The Morgan fingerprint density at radius 2 is 1.14 bits per heavy atom. The fourth-order valence-corrected chi connectivity index (χ4v) is 0. The molecule has 0 spiro atoms. The third-order valence-corrected chi connectivity index (χ3v) is 0. The zero-order valence-electron chi connectivity index (χ0n) is 2.11. The summed E-state index contributed by atoms with van der Waals surface area (Å²) >= 11 is 0.569. The second-order valence-electron chi connectivity index (χ2n) is 0.0452. The zero-order valence-corrected chi connectivity index (χ0v) is 7.83. The predicted octanol–water partition coefficient (Wildman–Crippen LogP) is 0.185. The molecule has 0 unspecified atom stereocenters. The summed E-state index contributed by atoms with van der Waals surface area (Å²) in [4.78, 5) is 0. The molecule has 0 heterocycles. The summed E-state index contributed by atoms with van der Waals surface area (Å²) in [5, 5.41) is 0. The molecule has 0 nitrogen and oxygen atoms in total. The van der Waals surface area contributed by atoms with Crippen molar-refractivity contribution in [3.63, 3.8) is 0 Å². The Bertz CT molecular complexity index is 17.7. The summed E-state index contributed by atoms with van der Waals surface area (Å²) in [5.74, 6) is 0. The van der Waals surface area contributed by atoms with Crippen molar-refractivity contribution < 1.29 is 63.9 Å². The molecule has 0 N–H and O–H groups in total. The third-order valence-electron chi connectivity index (χ3n) is 0. The van der Waals surface area contributed by atoms with Gasteiger partial charge in [-0.05, 0) is 0 Å². The van der Waals surface area contributed by atoms with Crippen LogP contribution < -0.4 is 0 Å². The first kappa shape index (κ1) is 32.0. The van der Waals surface area contributed by atoms with Gasteiger partial charge in [0.05, 0.1) is 0 Å². The number of halogens is 2. The van der Waals surface area contributed by atoms with Crippen LogP contribution in [-0.2, 0) is 63.9 Å². The van der Waals surface area contributed by atoms with Crippen molar-refractivity contribution in [2.75, 3.05) is 0 Å². The van der Waals surface area contributed by atoms with Gasteiger partial charge in [-0.15, -0.1) is 0 Å². The molecule has 0 fully saturated rings. The van der Waals surface area contributed by atoms with Gasteiger partial charge in [-0.1, -0.05) is 0 Å². The first-order valence-corrected chi connectivity index (χ1v) is 2.96. The van der Waals surface area contributed by atoms with Crippen molar-refractivity contribution in [2.24, 2.45) is 0 Å². The minimum Gasteiger partial charge on any atom is 0 e. The molecule has 56 valence electrons. The maximum Gasteiger partial charge on any atom is 0 e. The van der Waals surface area contributed by atoms with Crippen LogP contribution >= 0.6 is 20.4 Å². The molecule has 2 radical (unpaired) electrons. The summed E-state index contributed by atoms with van der Waals surface area (Å²) in [6, 6.07) is 0. The number of rotatable bonds is 0. The van der Waals surface area contributed by atoms with Gasteiger partial charge in [-0.25, -0.2) is 0 Å². The van der Waals surface area contributed by atoms with Crippen LogP contribution in [0.3, 0.4) is 0 Å². The van der Waals surface area contributed by atoms with Crippen LogP contribution in [0.5, 0.6) is 0 Å². The molecule has 0 atom stereocenters. The third kappa shape index (κ3) is 47.0. The van der Waals surface area contributed by atoms with E-state index in [4.69, 9.17) is 20.4 Å². The van der Waals surface area contributed by atoms with Crippen molar-refractivity contribution in [1.29, 1.82) is 0 Å². The quantitative estimate of drug-likeness (QED) is 0.555. The molecule has 0 aliphatic heterocycles. The molecule has 0 amide bonds. The molecule has 0 aliphatic carbocycles. The summed E-state index contributed by atoms with van der Waals surface area (Å²) in [5.41, 5.74) is 0. The van der Waals surface area contributed by atoms with Crippen molar-refractivity contribution in [1.82, 2.24) is 0 Å². The van der Waals surface area contributed by atoms with Crippen LogP contribution in [0.4, 0.5) is 0 Å². The zero-order chi connectivity index (χ0) is 2.71. The van der Waals surface area contributed by atoms with Crippen molar-refractivity contribution in [3.05, 3.63) is 0 Å². The van der Waals surface area contributed by atoms with E-state index in [-0.39, 0.29) is 68.6 Å². The van der Waals surface area contributed by atoms with Gasteiger partial charge in [0, 0.05) is 51.2 Å². The Morgan fingerprint density at radius 3 is 1.14 bits per heavy atom. The summed E-state index contributed by atoms with van der Waals surface area (Å²) in [6.07, 6.45) is 0. The van der Waals surface area contributed by atoms with Crippen LogP contribution in [0.2, 0.25) is 0 Å². The Kier molecular flexibility index (Phi) is 161. The monoisotopic (exact) mass is 332 g/mol. The maximum absolute atomic E-state index is 4.70. The van der Waals surface area contributed by atoms with Crippen LogP contribution in [0, 0.1) is 0 Å². The second-order valence-corrected chi connectivity index (χ2v) is 1.68. The molecule has 0 aromatic heterocycles. The molecule has 7 heavy (non-hydrogen) atoms. The van der Waals surface area contributed by atoms with Gasteiger partial charge in [-0.2, -0.15) is 0 Å². The molecular weight excluding hydrogens is 331 g/mol. The van der Waals surface area contributed by atoms with Crippen LogP contribution in [0.1, 0.15) is 0 Å². The average Bonchev–Trinajstić information content (AvgIpc) is 0.918. The topological polar surface area (TPSA) is 0 Å². The second kappa shape index (κ2) is 35.2. The molecule has 7 heteroatoms. The molecule has 0 aromatic rings. The van der Waals surface area contributed by atoms with E-state index in [0.717, 1.165) is 0 Å². The van der Waals surface area contributed by atoms with Crippen molar-refractivity contribution in [2.45, 2.75) is 0 Å². The maximum atomic E-state index is 4.70. The smallest absolute Gasteiger partial charge is 0 e. The predicted molar refractivity (Wildman–Crippen MR) is 21.6 cm³/mol. The first-order chi connectivity index (χ1) is 1.41. The number of hydrogen-bond donors (Lipinski definition) is 0. The van der Waals surface area contributed by atoms with Crippen molar-refractivity contribution in [3.8, 4) is 0 Å². The molecular formula is H3AlCl2CuFeMnNi. The molecule has 0 saturated heterocycles. The Labute approximate surface area is 100 Å². The van der Waals surface area contributed by atoms with E-state index in [1.165, 1.54) is 0 Å². The van der Waals surface area contributed by atoms with Crippen LogP contribution in [-0.4, -0.2) is 17.4 Å². The minimum absolute atomic E-state index is 0. The molecule has 0 saturated carbocycles. The molecule has 0 bridgehead atoms. The minimum atomic E-state index is 0. The SMILES string of the molecule is [AlH3].[Cl][Ni][Cl].[Cu].[Fe].[Mn]. The standard InChI is InChI=1S/Al.2ClH.Cu.Fe.Mn.Ni.3H/h;2*1H;;;;;;;/q;;;;;;+2;;;/p-2. The number of hydrogen-bond acceptors (Lipinski definition) is 0. The van der Waals surface area contributed by atoms with E-state index in [0.29, 0.717) is 12.7 Å². The fraction of sp³-hybridized carbons (Fsp3) is 0. The first-order valence-electron chi connectivity index (χ1n) is 0.239. The summed E-state index contributed by atoms with van der Waals surface area (Å²) in [7, 11) is 9.40. The van der Waals surface area contributed by atoms with E-state index >= 15 is 0 Å². The van der Waals surface area contributed by atoms with Gasteiger partial charge in [0.15, 0.2) is 17.4 Å². The van der Waals surface area contributed by atoms with E-state index in [1.54, 1.807) is 0 Å². The van der Waals surface area contributed by atoms with E-state index in [1.807, 2.05) is 0 Å². The Hall–Kier alpha value is 3.16. The van der Waals surface area contributed by atoms with E-state index < -0.39 is 0 Å². The van der Waals surface area contributed by atoms with Crippen molar-refractivity contribution >= 4 is 37.7 Å². The van der Waals surface area contributed by atoms with Gasteiger partial charge >= 0.3 is 33.0 Å². The average molecular weight is 334 g/mol. The van der Waals surface area contributed by atoms with Gasteiger partial charge in [0.25, 0.3) is 0 Å². The van der Waals surface area contributed by atoms with Crippen LogP contribution in [0.15, 0.2) is 0 Å². The Balaban J connectivity index is -0.00000000333. The molecule has 0 aromatic carbocycles. The Morgan fingerprint density at radius 1 is 1.14 bits per heavy atom. The largest absolute Gasteiger partial charge is 0 e. The normalized spacial score (nSPS) is 3.14. The van der Waals surface area contributed by atoms with E-state index in [9.17, 15) is 0 Å². The van der Waals surface area contributed by atoms with Gasteiger partial charge in [0.2, 0.25) is 0 Å².